The van der Waals surface area contributed by atoms with Crippen molar-refractivity contribution in [2.75, 3.05) is 5.32 Å². The van der Waals surface area contributed by atoms with Crippen molar-refractivity contribution in [3.63, 3.8) is 0 Å². The molecule has 4 aromatic rings. The lowest BCUT2D eigenvalue weighted by Crippen LogP contribution is -2.47. The molecule has 2 N–H and O–H groups in total. The van der Waals surface area contributed by atoms with Crippen LogP contribution in [0, 0.1) is 42.1 Å². The van der Waals surface area contributed by atoms with E-state index in [0.717, 1.165) is 17.5 Å². The lowest BCUT2D eigenvalue weighted by Gasteiger charge is -2.47. The molecule has 3 fully saturated rings. The predicted molar refractivity (Wildman–Crippen MR) is 131 cm³/mol. The monoisotopic (exact) mass is 476 g/mol. The van der Waals surface area contributed by atoms with Crippen molar-refractivity contribution in [1.82, 2.24) is 15.0 Å². The van der Waals surface area contributed by atoms with Crippen LogP contribution >= 0.6 is 0 Å². The molecule has 7 heteroatoms. The summed E-state index contributed by atoms with van der Waals surface area (Å²) in [5.74, 6) is 1.27. The zero-order chi connectivity index (χ0) is 24.3. The van der Waals surface area contributed by atoms with Gasteiger partial charge in [-0.25, -0.2) is 23.1 Å². The number of nitrogens with one attached hydrogen (secondary N) is 2. The minimum Gasteiger partial charge on any atom is -0.367 e. The number of benzene rings is 2. The lowest BCUT2D eigenvalue weighted by atomic mass is 9.62. The molecule has 4 nitrogen and oxygen atoms in total. The number of nitrogens with zero attached hydrogens (tertiary/aromatic N) is 2. The topological polar surface area (TPSA) is 53.6 Å². The van der Waals surface area contributed by atoms with Crippen molar-refractivity contribution in [1.29, 1.82) is 0 Å². The first kappa shape index (κ1) is 22.1. The van der Waals surface area contributed by atoms with Gasteiger partial charge in [0.1, 0.15) is 23.3 Å². The Labute approximate surface area is 202 Å². The van der Waals surface area contributed by atoms with Crippen LogP contribution < -0.4 is 5.32 Å². The van der Waals surface area contributed by atoms with E-state index >= 15 is 0 Å². The van der Waals surface area contributed by atoms with E-state index in [2.05, 4.69) is 17.2 Å². The highest BCUT2D eigenvalue weighted by molar-refractivity contribution is 5.94. The van der Waals surface area contributed by atoms with Crippen LogP contribution in [0.4, 0.5) is 19.0 Å². The molecule has 3 aliphatic carbocycles. The highest BCUT2D eigenvalue weighted by atomic mass is 19.1. The molecule has 0 spiro atoms. The fraction of sp³-hybridized carbons (Fsp3) is 0.357. The summed E-state index contributed by atoms with van der Waals surface area (Å²) in [5, 5.41) is 4.07. The quantitative estimate of drug-likeness (QED) is 0.326. The first-order chi connectivity index (χ1) is 16.9. The third-order valence-electron chi connectivity index (χ3n) is 8.08. The van der Waals surface area contributed by atoms with Gasteiger partial charge in [0.15, 0.2) is 5.82 Å². The molecule has 3 saturated carbocycles. The average Bonchev–Trinajstić information content (AvgIpc) is 3.27. The number of rotatable bonds is 4. The minimum absolute atomic E-state index is 0.209. The number of aromatic amines is 1. The summed E-state index contributed by atoms with van der Waals surface area (Å²) >= 11 is 0. The van der Waals surface area contributed by atoms with Crippen molar-refractivity contribution >= 4 is 16.7 Å². The van der Waals surface area contributed by atoms with Crippen LogP contribution in [0.15, 0.2) is 42.6 Å². The van der Waals surface area contributed by atoms with Crippen LogP contribution in [0.5, 0.6) is 0 Å². The molecule has 0 radical (unpaired) electrons. The van der Waals surface area contributed by atoms with Gasteiger partial charge in [0.05, 0.1) is 11.2 Å². The van der Waals surface area contributed by atoms with E-state index in [1.165, 1.54) is 37.8 Å². The van der Waals surface area contributed by atoms with Crippen LogP contribution in [0.1, 0.15) is 38.2 Å². The zero-order valence-electron chi connectivity index (χ0n) is 19.7. The molecule has 2 bridgehead atoms. The van der Waals surface area contributed by atoms with Crippen LogP contribution in [-0.4, -0.2) is 21.0 Å². The molecule has 3 aliphatic rings. The number of fused-ring (bicyclic) bond motifs is 4. The Morgan fingerprint density at radius 2 is 1.69 bits per heavy atom. The van der Waals surface area contributed by atoms with Crippen LogP contribution in [0.25, 0.3) is 33.5 Å². The molecular formula is C28H27F3N4. The molecule has 0 aliphatic heterocycles. The van der Waals surface area contributed by atoms with E-state index in [1.807, 2.05) is 6.07 Å². The molecule has 2 heterocycles. The molecule has 2 atom stereocenters. The summed E-state index contributed by atoms with van der Waals surface area (Å²) in [5.41, 5.74) is 2.62. The van der Waals surface area contributed by atoms with Crippen LogP contribution in [-0.2, 0) is 0 Å². The normalized spacial score (nSPS) is 23.7. The Morgan fingerprint density at radius 1 is 0.914 bits per heavy atom. The fourth-order valence-electron chi connectivity index (χ4n) is 6.11. The van der Waals surface area contributed by atoms with Crippen molar-refractivity contribution in [3.05, 3.63) is 65.6 Å². The summed E-state index contributed by atoms with van der Waals surface area (Å²) in [6.45, 7) is 4.02. The molecule has 2 aromatic heterocycles. The van der Waals surface area contributed by atoms with Crippen molar-refractivity contribution in [3.8, 4) is 22.6 Å². The maximum absolute atomic E-state index is 14.4. The van der Waals surface area contributed by atoms with Gasteiger partial charge in [-0.2, -0.15) is 0 Å². The summed E-state index contributed by atoms with van der Waals surface area (Å²) in [6, 6.07) is 9.22. The van der Waals surface area contributed by atoms with Crippen molar-refractivity contribution < 1.29 is 13.2 Å². The number of halogens is 3. The van der Waals surface area contributed by atoms with E-state index in [4.69, 9.17) is 9.97 Å². The molecule has 180 valence electrons. The van der Waals surface area contributed by atoms with Gasteiger partial charge in [-0.15, -0.1) is 0 Å². The molecule has 0 amide bonds. The van der Waals surface area contributed by atoms with Gasteiger partial charge in [-0.3, -0.25) is 0 Å². The number of aryl methyl sites for hydroxylation is 1. The SMILES string of the molecule is Cc1cc(-c2cc(N[C@H]3C4CCC(CC4)[C@@H]3C)nc(-c3c[nH]c4c(F)cc(F)cc34)n2)ccc1F. The summed E-state index contributed by atoms with van der Waals surface area (Å²) in [6.07, 6.45) is 6.61. The van der Waals surface area contributed by atoms with Crippen molar-refractivity contribution in [2.45, 2.75) is 45.6 Å². The maximum Gasteiger partial charge on any atom is 0.164 e. The minimum atomic E-state index is -0.665. The lowest BCUT2D eigenvalue weighted by molar-refractivity contribution is 0.0928. The van der Waals surface area contributed by atoms with Gasteiger partial charge in [0.25, 0.3) is 0 Å². The number of aromatic nitrogens is 3. The van der Waals surface area contributed by atoms with Crippen LogP contribution in [0.2, 0.25) is 0 Å². The number of hydrogen-bond donors (Lipinski definition) is 2. The van der Waals surface area contributed by atoms with Crippen molar-refractivity contribution in [2.24, 2.45) is 17.8 Å². The molecule has 2 aromatic carbocycles. The fourth-order valence-corrected chi connectivity index (χ4v) is 6.11. The van der Waals surface area contributed by atoms with Gasteiger partial charge >= 0.3 is 0 Å². The Kier molecular flexibility index (Phi) is 5.31. The predicted octanol–water partition coefficient (Wildman–Crippen LogP) is 7.25. The smallest absolute Gasteiger partial charge is 0.164 e. The number of anilines is 1. The largest absolute Gasteiger partial charge is 0.367 e. The van der Waals surface area contributed by atoms with E-state index < -0.39 is 11.6 Å². The average molecular weight is 477 g/mol. The van der Waals surface area contributed by atoms with Crippen LogP contribution in [0.3, 0.4) is 0 Å². The molecule has 0 saturated heterocycles. The Bertz CT molecular complexity index is 1420. The van der Waals surface area contributed by atoms with E-state index in [9.17, 15) is 13.2 Å². The van der Waals surface area contributed by atoms with Gasteiger partial charge < -0.3 is 10.3 Å². The summed E-state index contributed by atoms with van der Waals surface area (Å²) in [4.78, 5) is 12.4. The zero-order valence-corrected chi connectivity index (χ0v) is 19.7. The Morgan fingerprint density at radius 3 is 2.43 bits per heavy atom. The second kappa shape index (κ2) is 8.40. The first-order valence-corrected chi connectivity index (χ1v) is 12.3. The molecule has 0 unspecified atom stereocenters. The second-order valence-corrected chi connectivity index (χ2v) is 10.1. The third kappa shape index (κ3) is 3.87. The maximum atomic E-state index is 14.4. The molecule has 35 heavy (non-hydrogen) atoms. The third-order valence-corrected chi connectivity index (χ3v) is 8.08. The van der Waals surface area contributed by atoms with Gasteiger partial charge in [0.2, 0.25) is 0 Å². The number of hydrogen-bond acceptors (Lipinski definition) is 3. The Balaban J connectivity index is 1.48. The highest BCUT2D eigenvalue weighted by Crippen LogP contribution is 2.46. The summed E-state index contributed by atoms with van der Waals surface area (Å²) in [7, 11) is 0. The van der Waals surface area contributed by atoms with Gasteiger partial charge in [0, 0.05) is 40.9 Å². The van der Waals surface area contributed by atoms with E-state index in [-0.39, 0.29) is 11.3 Å². The first-order valence-electron chi connectivity index (χ1n) is 12.3. The number of H-pyrrole nitrogens is 1. The van der Waals surface area contributed by atoms with Gasteiger partial charge in [-0.05, 0) is 80.2 Å². The van der Waals surface area contributed by atoms with E-state index in [0.29, 0.717) is 51.7 Å². The van der Waals surface area contributed by atoms with E-state index in [1.54, 1.807) is 25.3 Å². The molecular weight excluding hydrogens is 449 g/mol. The molecule has 7 rings (SSSR count). The standard InChI is InChI=1S/C28H27F3N4/c1-14-9-18(7-8-22(14)30)24-12-25(34-26-15(2)16-3-5-17(26)6-4-16)35-28(33-24)21-13-32-27-20(21)10-19(29)11-23(27)31/h7-13,15-17,26,32H,3-6H2,1-2H3,(H,33,34,35)/t15-,16?,17?,26+/m0/s1. The second-order valence-electron chi connectivity index (χ2n) is 10.1. The summed E-state index contributed by atoms with van der Waals surface area (Å²) < 4.78 is 42.4. The highest BCUT2D eigenvalue weighted by Gasteiger charge is 2.41. The Hall–Kier alpha value is -3.35. The van der Waals surface area contributed by atoms with Gasteiger partial charge in [-0.1, -0.05) is 6.92 Å².